The molecular weight excluding hydrogens is 346 g/mol. The predicted octanol–water partition coefficient (Wildman–Crippen LogP) is 3.53. The SMILES string of the molecule is O=C(Cl)c1cc2c(cc1Br)C(=O)Nc1cccnc1N2. The Bertz CT molecular complexity index is 748. The second kappa shape index (κ2) is 4.88. The number of fused-ring (bicyclic) bond motifs is 2. The quantitative estimate of drug-likeness (QED) is 0.770. The molecule has 100 valence electrons. The molecule has 7 heteroatoms. The van der Waals surface area contributed by atoms with Gasteiger partial charge in [0.15, 0.2) is 5.82 Å². The van der Waals surface area contributed by atoms with Crippen LogP contribution >= 0.6 is 27.5 Å². The van der Waals surface area contributed by atoms with E-state index in [-0.39, 0.29) is 11.5 Å². The van der Waals surface area contributed by atoms with Crippen molar-refractivity contribution in [1.29, 1.82) is 0 Å². The summed E-state index contributed by atoms with van der Waals surface area (Å²) in [6, 6.07) is 6.54. The van der Waals surface area contributed by atoms with Crippen LogP contribution in [0.3, 0.4) is 0 Å². The number of benzene rings is 1. The summed E-state index contributed by atoms with van der Waals surface area (Å²) in [5.74, 6) is 0.225. The number of hydrogen-bond acceptors (Lipinski definition) is 4. The van der Waals surface area contributed by atoms with Crippen molar-refractivity contribution in [2.24, 2.45) is 0 Å². The third-order valence-corrected chi connectivity index (χ3v) is 3.73. The lowest BCUT2D eigenvalue weighted by Gasteiger charge is -2.09. The molecule has 0 bridgehead atoms. The molecule has 0 saturated heterocycles. The van der Waals surface area contributed by atoms with Crippen LogP contribution in [0.1, 0.15) is 20.7 Å². The predicted molar refractivity (Wildman–Crippen MR) is 79.8 cm³/mol. The first kappa shape index (κ1) is 13.1. The maximum atomic E-state index is 12.2. The van der Waals surface area contributed by atoms with Gasteiger partial charge in [-0.15, -0.1) is 0 Å². The van der Waals surface area contributed by atoms with Crippen LogP contribution in [0.5, 0.6) is 0 Å². The number of carbonyl (C=O) groups is 2. The average Bonchev–Trinajstić information content (AvgIpc) is 2.54. The molecule has 2 heterocycles. The zero-order valence-electron chi connectivity index (χ0n) is 9.91. The molecule has 1 amide bonds. The number of nitrogens with zero attached hydrogens (tertiary/aromatic N) is 1. The molecule has 0 radical (unpaired) electrons. The van der Waals surface area contributed by atoms with E-state index < -0.39 is 5.24 Å². The van der Waals surface area contributed by atoms with Gasteiger partial charge in [0.05, 0.1) is 22.5 Å². The first-order valence-corrected chi connectivity index (χ1v) is 6.80. The number of rotatable bonds is 1. The Labute approximate surface area is 127 Å². The van der Waals surface area contributed by atoms with Crippen molar-refractivity contribution >= 4 is 55.9 Å². The Hall–Kier alpha value is -1.92. The molecule has 1 aromatic carbocycles. The number of pyridine rings is 1. The van der Waals surface area contributed by atoms with Gasteiger partial charge in [-0.05, 0) is 51.8 Å². The van der Waals surface area contributed by atoms with Crippen LogP contribution in [0.25, 0.3) is 0 Å². The van der Waals surface area contributed by atoms with E-state index in [0.29, 0.717) is 27.2 Å². The van der Waals surface area contributed by atoms with E-state index in [1.54, 1.807) is 24.4 Å². The summed E-state index contributed by atoms with van der Waals surface area (Å²) in [5.41, 5.74) is 1.73. The Morgan fingerprint density at radius 3 is 2.80 bits per heavy atom. The normalized spacial score (nSPS) is 12.6. The van der Waals surface area contributed by atoms with E-state index in [1.807, 2.05) is 0 Å². The molecule has 20 heavy (non-hydrogen) atoms. The summed E-state index contributed by atoms with van der Waals surface area (Å²) < 4.78 is 0.465. The average molecular weight is 353 g/mol. The molecule has 1 aromatic heterocycles. The third kappa shape index (κ3) is 2.17. The lowest BCUT2D eigenvalue weighted by molar-refractivity contribution is 0.102. The Kier molecular flexibility index (Phi) is 3.19. The van der Waals surface area contributed by atoms with E-state index in [1.165, 1.54) is 6.07 Å². The van der Waals surface area contributed by atoms with Crippen LogP contribution in [0, 0.1) is 0 Å². The van der Waals surface area contributed by atoms with Gasteiger partial charge in [0.1, 0.15) is 0 Å². The van der Waals surface area contributed by atoms with Crippen LogP contribution < -0.4 is 10.6 Å². The summed E-state index contributed by atoms with van der Waals surface area (Å²) in [7, 11) is 0. The highest BCUT2D eigenvalue weighted by Crippen LogP contribution is 2.33. The Morgan fingerprint density at radius 2 is 2.05 bits per heavy atom. The first-order chi connectivity index (χ1) is 9.56. The maximum Gasteiger partial charge on any atom is 0.257 e. The van der Waals surface area contributed by atoms with Gasteiger partial charge in [-0.2, -0.15) is 0 Å². The number of aromatic nitrogens is 1. The van der Waals surface area contributed by atoms with Crippen molar-refractivity contribution in [3.63, 3.8) is 0 Å². The minimum absolute atomic E-state index is 0.282. The van der Waals surface area contributed by atoms with E-state index >= 15 is 0 Å². The summed E-state index contributed by atoms with van der Waals surface area (Å²) in [6.07, 6.45) is 1.61. The lowest BCUT2D eigenvalue weighted by atomic mass is 10.1. The highest BCUT2D eigenvalue weighted by Gasteiger charge is 2.22. The van der Waals surface area contributed by atoms with Crippen LogP contribution in [-0.2, 0) is 0 Å². The second-order valence-corrected chi connectivity index (χ2v) is 5.33. The highest BCUT2D eigenvalue weighted by molar-refractivity contribution is 9.10. The second-order valence-electron chi connectivity index (χ2n) is 4.13. The number of anilines is 3. The number of hydrogen-bond donors (Lipinski definition) is 2. The largest absolute Gasteiger partial charge is 0.338 e. The van der Waals surface area contributed by atoms with Crippen molar-refractivity contribution in [2.75, 3.05) is 10.6 Å². The number of amides is 1. The number of nitrogens with one attached hydrogen (secondary N) is 2. The summed E-state index contributed by atoms with van der Waals surface area (Å²) in [4.78, 5) is 27.7. The standard InChI is InChI=1S/C13H7BrClN3O2/c14-8-4-7-10(5-6(8)11(15)19)17-12-9(18-13(7)20)2-1-3-16-12/h1-5H,(H,16,17)(H,18,20). The van der Waals surface area contributed by atoms with Gasteiger partial charge in [0.25, 0.3) is 11.1 Å². The maximum absolute atomic E-state index is 12.2. The van der Waals surface area contributed by atoms with Crippen LogP contribution in [0.15, 0.2) is 34.9 Å². The summed E-state index contributed by atoms with van der Waals surface area (Å²) in [5, 5.41) is 5.18. The molecule has 1 aliphatic rings. The monoisotopic (exact) mass is 351 g/mol. The van der Waals surface area contributed by atoms with Gasteiger partial charge in [-0.1, -0.05) is 0 Å². The van der Waals surface area contributed by atoms with Gasteiger partial charge >= 0.3 is 0 Å². The molecule has 0 fully saturated rings. The van der Waals surface area contributed by atoms with Crippen molar-refractivity contribution in [3.05, 3.63) is 46.1 Å². The number of carbonyl (C=O) groups excluding carboxylic acids is 2. The zero-order valence-corrected chi connectivity index (χ0v) is 12.2. The van der Waals surface area contributed by atoms with E-state index in [4.69, 9.17) is 11.6 Å². The van der Waals surface area contributed by atoms with Gasteiger partial charge in [0.2, 0.25) is 0 Å². The van der Waals surface area contributed by atoms with Gasteiger partial charge in [-0.3, -0.25) is 9.59 Å². The molecule has 3 rings (SSSR count). The molecule has 0 aliphatic carbocycles. The minimum Gasteiger partial charge on any atom is -0.338 e. The molecule has 0 spiro atoms. The molecule has 2 aromatic rings. The van der Waals surface area contributed by atoms with Crippen molar-refractivity contribution in [2.45, 2.75) is 0 Å². The minimum atomic E-state index is -0.604. The van der Waals surface area contributed by atoms with Crippen molar-refractivity contribution in [1.82, 2.24) is 4.98 Å². The smallest absolute Gasteiger partial charge is 0.257 e. The molecular formula is C13H7BrClN3O2. The zero-order chi connectivity index (χ0) is 14.3. The molecule has 2 N–H and O–H groups in total. The summed E-state index contributed by atoms with van der Waals surface area (Å²) in [6.45, 7) is 0. The molecule has 0 unspecified atom stereocenters. The third-order valence-electron chi connectivity index (χ3n) is 2.87. The van der Waals surface area contributed by atoms with Crippen molar-refractivity contribution in [3.8, 4) is 0 Å². The number of halogens is 2. The van der Waals surface area contributed by atoms with Gasteiger partial charge in [-0.25, -0.2) is 4.98 Å². The Balaban J connectivity index is 2.20. The molecule has 5 nitrogen and oxygen atoms in total. The van der Waals surface area contributed by atoms with E-state index in [9.17, 15) is 9.59 Å². The highest BCUT2D eigenvalue weighted by atomic mass is 79.9. The molecule has 0 saturated carbocycles. The topological polar surface area (TPSA) is 71.1 Å². The Morgan fingerprint density at radius 1 is 1.25 bits per heavy atom. The van der Waals surface area contributed by atoms with Crippen LogP contribution in [0.2, 0.25) is 0 Å². The van der Waals surface area contributed by atoms with Gasteiger partial charge < -0.3 is 10.6 Å². The van der Waals surface area contributed by atoms with Crippen LogP contribution in [-0.4, -0.2) is 16.1 Å². The van der Waals surface area contributed by atoms with Gasteiger partial charge in [0, 0.05) is 10.7 Å². The first-order valence-electron chi connectivity index (χ1n) is 5.63. The fourth-order valence-electron chi connectivity index (χ4n) is 1.94. The molecule has 1 aliphatic heterocycles. The lowest BCUT2D eigenvalue weighted by Crippen LogP contribution is -2.11. The van der Waals surface area contributed by atoms with Crippen LogP contribution in [0.4, 0.5) is 17.2 Å². The van der Waals surface area contributed by atoms with Crippen molar-refractivity contribution < 1.29 is 9.59 Å². The van der Waals surface area contributed by atoms with E-state index in [0.717, 1.165) is 0 Å². The fourth-order valence-corrected chi connectivity index (χ4v) is 2.73. The van der Waals surface area contributed by atoms with E-state index in [2.05, 4.69) is 31.5 Å². The summed E-state index contributed by atoms with van der Waals surface area (Å²) >= 11 is 8.75. The fraction of sp³-hybridized carbons (Fsp3) is 0. The molecule has 0 atom stereocenters.